The second kappa shape index (κ2) is 4.02. The fraction of sp³-hybridized carbons (Fsp3) is 0.600. The van der Waals surface area contributed by atoms with Crippen molar-refractivity contribution in [3.8, 4) is 5.75 Å². The summed E-state index contributed by atoms with van der Waals surface area (Å²) in [5.74, 6) is 2.08. The Hall–Kier alpha value is -1.02. The highest BCUT2D eigenvalue weighted by Gasteiger charge is 2.50. The van der Waals surface area contributed by atoms with E-state index >= 15 is 0 Å². The molecule has 0 heterocycles. The van der Waals surface area contributed by atoms with Crippen molar-refractivity contribution in [2.45, 2.75) is 38.2 Å². The van der Waals surface area contributed by atoms with Gasteiger partial charge in [0.25, 0.3) is 0 Å². The van der Waals surface area contributed by atoms with E-state index in [4.69, 9.17) is 4.74 Å². The Bertz CT molecular complexity index is 415. The van der Waals surface area contributed by atoms with Crippen LogP contribution < -0.4 is 4.74 Å². The number of ether oxygens (including phenoxy) is 1. The van der Waals surface area contributed by atoms with Crippen LogP contribution in [0, 0.1) is 11.8 Å². The lowest BCUT2D eigenvalue weighted by Gasteiger charge is -2.33. The summed E-state index contributed by atoms with van der Waals surface area (Å²) in [4.78, 5) is 0. The predicted octanol–water partition coefficient (Wildman–Crippen LogP) is 3.09. The van der Waals surface area contributed by atoms with Gasteiger partial charge in [0.2, 0.25) is 0 Å². The topological polar surface area (TPSA) is 29.5 Å². The third kappa shape index (κ3) is 1.75. The number of benzene rings is 1. The Kier molecular flexibility index (Phi) is 2.62. The minimum absolute atomic E-state index is 0.462. The fourth-order valence-corrected chi connectivity index (χ4v) is 3.68. The van der Waals surface area contributed by atoms with Crippen molar-refractivity contribution >= 4 is 0 Å². The van der Waals surface area contributed by atoms with Crippen molar-refractivity contribution in [1.82, 2.24) is 0 Å². The van der Waals surface area contributed by atoms with Crippen molar-refractivity contribution in [1.29, 1.82) is 0 Å². The van der Waals surface area contributed by atoms with E-state index in [0.717, 1.165) is 23.7 Å². The molecular weight excluding hydrogens is 212 g/mol. The molecule has 0 aromatic heterocycles. The number of fused-ring (bicyclic) bond motifs is 2. The molecule has 2 bridgehead atoms. The molecular formula is C15H20O2. The zero-order valence-electron chi connectivity index (χ0n) is 10.4. The Labute approximate surface area is 103 Å². The van der Waals surface area contributed by atoms with E-state index in [1.165, 1.54) is 19.3 Å². The van der Waals surface area contributed by atoms with E-state index in [1.807, 2.05) is 31.2 Å². The molecule has 0 radical (unpaired) electrons. The summed E-state index contributed by atoms with van der Waals surface area (Å²) in [7, 11) is 0. The van der Waals surface area contributed by atoms with Crippen LogP contribution in [0.25, 0.3) is 0 Å². The first-order valence-corrected chi connectivity index (χ1v) is 6.68. The first-order valence-electron chi connectivity index (χ1n) is 6.68. The SMILES string of the molecule is CCOc1cccc(C2(O)CC3CCC2C3)c1. The van der Waals surface area contributed by atoms with Gasteiger partial charge in [0.15, 0.2) is 0 Å². The van der Waals surface area contributed by atoms with Crippen LogP contribution >= 0.6 is 0 Å². The van der Waals surface area contributed by atoms with Gasteiger partial charge in [-0.15, -0.1) is 0 Å². The lowest BCUT2D eigenvalue weighted by Crippen LogP contribution is -2.32. The maximum Gasteiger partial charge on any atom is 0.119 e. The summed E-state index contributed by atoms with van der Waals surface area (Å²) in [5.41, 5.74) is 0.464. The molecule has 0 amide bonds. The largest absolute Gasteiger partial charge is 0.494 e. The van der Waals surface area contributed by atoms with Crippen LogP contribution in [0.2, 0.25) is 0 Å². The van der Waals surface area contributed by atoms with Gasteiger partial charge >= 0.3 is 0 Å². The zero-order valence-corrected chi connectivity index (χ0v) is 10.4. The molecule has 0 aliphatic heterocycles. The Morgan fingerprint density at radius 1 is 1.41 bits per heavy atom. The van der Waals surface area contributed by atoms with Gasteiger partial charge in [-0.1, -0.05) is 12.1 Å². The average Bonchev–Trinajstić information content (AvgIpc) is 2.90. The highest BCUT2D eigenvalue weighted by Crippen LogP contribution is 2.55. The number of rotatable bonds is 3. The standard InChI is InChI=1S/C15H20O2/c1-2-17-14-5-3-4-12(9-14)15(16)10-11-6-7-13(15)8-11/h3-5,9,11,13,16H,2,6-8,10H2,1H3. The van der Waals surface area contributed by atoms with E-state index < -0.39 is 5.60 Å². The van der Waals surface area contributed by atoms with Gasteiger partial charge < -0.3 is 9.84 Å². The Morgan fingerprint density at radius 2 is 2.29 bits per heavy atom. The third-order valence-electron chi connectivity index (χ3n) is 4.46. The van der Waals surface area contributed by atoms with Gasteiger partial charge in [-0.05, 0) is 62.1 Å². The number of hydrogen-bond donors (Lipinski definition) is 1. The summed E-state index contributed by atoms with van der Waals surface area (Å²) in [5, 5.41) is 10.9. The van der Waals surface area contributed by atoms with Gasteiger partial charge in [0.05, 0.1) is 12.2 Å². The molecule has 2 fully saturated rings. The van der Waals surface area contributed by atoms with Crippen LogP contribution in [0.1, 0.15) is 38.2 Å². The van der Waals surface area contributed by atoms with Crippen molar-refractivity contribution in [3.63, 3.8) is 0 Å². The number of aliphatic hydroxyl groups is 1. The van der Waals surface area contributed by atoms with Crippen molar-refractivity contribution in [2.24, 2.45) is 11.8 Å². The molecule has 0 saturated heterocycles. The molecule has 3 unspecified atom stereocenters. The monoisotopic (exact) mass is 232 g/mol. The third-order valence-corrected chi connectivity index (χ3v) is 4.46. The van der Waals surface area contributed by atoms with Crippen molar-refractivity contribution < 1.29 is 9.84 Å². The van der Waals surface area contributed by atoms with Crippen LogP contribution in [0.4, 0.5) is 0 Å². The maximum atomic E-state index is 10.9. The molecule has 1 aromatic carbocycles. The van der Waals surface area contributed by atoms with Crippen LogP contribution in [0.15, 0.2) is 24.3 Å². The summed E-state index contributed by atoms with van der Waals surface area (Å²) in [6.45, 7) is 2.66. The molecule has 17 heavy (non-hydrogen) atoms. The van der Waals surface area contributed by atoms with Crippen molar-refractivity contribution in [2.75, 3.05) is 6.61 Å². The lowest BCUT2D eigenvalue weighted by atomic mass is 9.79. The van der Waals surface area contributed by atoms with Crippen LogP contribution in [-0.4, -0.2) is 11.7 Å². The second-order valence-corrected chi connectivity index (χ2v) is 5.47. The molecule has 0 spiro atoms. The molecule has 3 atom stereocenters. The highest BCUT2D eigenvalue weighted by atomic mass is 16.5. The fourth-order valence-electron chi connectivity index (χ4n) is 3.68. The molecule has 2 heteroatoms. The van der Waals surface area contributed by atoms with Gasteiger partial charge in [-0.3, -0.25) is 0 Å². The average molecular weight is 232 g/mol. The molecule has 2 saturated carbocycles. The van der Waals surface area contributed by atoms with E-state index in [9.17, 15) is 5.11 Å². The van der Waals surface area contributed by atoms with Gasteiger partial charge in [-0.2, -0.15) is 0 Å². The van der Waals surface area contributed by atoms with E-state index in [-0.39, 0.29) is 0 Å². The van der Waals surface area contributed by atoms with E-state index in [1.54, 1.807) is 0 Å². The normalized spacial score (nSPS) is 35.2. The molecule has 2 aliphatic carbocycles. The minimum atomic E-state index is -0.587. The quantitative estimate of drug-likeness (QED) is 0.867. The van der Waals surface area contributed by atoms with Crippen LogP contribution in [0.5, 0.6) is 5.75 Å². The molecule has 2 nitrogen and oxygen atoms in total. The van der Waals surface area contributed by atoms with Gasteiger partial charge in [0, 0.05) is 0 Å². The van der Waals surface area contributed by atoms with Gasteiger partial charge in [0.1, 0.15) is 5.75 Å². The zero-order chi connectivity index (χ0) is 11.9. The van der Waals surface area contributed by atoms with Gasteiger partial charge in [-0.25, -0.2) is 0 Å². The second-order valence-electron chi connectivity index (χ2n) is 5.47. The van der Waals surface area contributed by atoms with Crippen molar-refractivity contribution in [3.05, 3.63) is 29.8 Å². The molecule has 1 aromatic rings. The first kappa shape index (κ1) is 11.1. The molecule has 2 aliphatic rings. The summed E-state index contributed by atoms with van der Waals surface area (Å²) < 4.78 is 5.52. The minimum Gasteiger partial charge on any atom is -0.494 e. The van der Waals surface area contributed by atoms with Crippen LogP contribution in [-0.2, 0) is 5.60 Å². The molecule has 1 N–H and O–H groups in total. The summed E-state index contributed by atoms with van der Waals surface area (Å²) in [6, 6.07) is 8.02. The smallest absolute Gasteiger partial charge is 0.119 e. The predicted molar refractivity (Wildman–Crippen MR) is 67.0 cm³/mol. The molecule has 3 rings (SSSR count). The summed E-state index contributed by atoms with van der Waals surface area (Å²) in [6.07, 6.45) is 4.63. The van der Waals surface area contributed by atoms with Crippen LogP contribution in [0.3, 0.4) is 0 Å². The molecule has 92 valence electrons. The number of hydrogen-bond acceptors (Lipinski definition) is 2. The lowest BCUT2D eigenvalue weighted by molar-refractivity contribution is -0.0184. The van der Waals surface area contributed by atoms with E-state index in [2.05, 4.69) is 0 Å². The maximum absolute atomic E-state index is 10.9. The Morgan fingerprint density at radius 3 is 2.94 bits per heavy atom. The van der Waals surface area contributed by atoms with E-state index in [0.29, 0.717) is 12.5 Å². The highest BCUT2D eigenvalue weighted by molar-refractivity contribution is 5.34. The summed E-state index contributed by atoms with van der Waals surface area (Å²) >= 11 is 0. The first-order chi connectivity index (χ1) is 8.22. The Balaban J connectivity index is 1.90.